The molecule has 0 aromatic carbocycles. The van der Waals surface area contributed by atoms with Crippen LogP contribution in [0.3, 0.4) is 0 Å². The number of piperidine rings is 1. The Bertz CT molecular complexity index is 393. The zero-order valence-electron chi connectivity index (χ0n) is 13.3. The third-order valence-electron chi connectivity index (χ3n) is 4.68. The topological polar surface area (TPSA) is 47.1 Å². The van der Waals surface area contributed by atoms with Crippen LogP contribution in [0.2, 0.25) is 0 Å². The average Bonchev–Trinajstić information content (AvgIpc) is 2.87. The van der Waals surface area contributed by atoms with E-state index >= 15 is 0 Å². The predicted octanol–water partition coefficient (Wildman–Crippen LogP) is 2.71. The lowest BCUT2D eigenvalue weighted by molar-refractivity contribution is 0.111. The molecule has 1 aliphatic rings. The summed E-state index contributed by atoms with van der Waals surface area (Å²) in [5.74, 6) is 0.920. The fourth-order valence-corrected chi connectivity index (χ4v) is 3.47. The molecule has 4 heteroatoms. The van der Waals surface area contributed by atoms with E-state index in [1.165, 1.54) is 44.3 Å². The van der Waals surface area contributed by atoms with Crippen LogP contribution in [0.25, 0.3) is 0 Å². The van der Waals surface area contributed by atoms with Crippen molar-refractivity contribution in [3.05, 3.63) is 18.0 Å². The van der Waals surface area contributed by atoms with Gasteiger partial charge in [-0.2, -0.15) is 5.10 Å². The van der Waals surface area contributed by atoms with Gasteiger partial charge in [-0.1, -0.05) is 26.7 Å². The van der Waals surface area contributed by atoms with E-state index in [9.17, 15) is 0 Å². The van der Waals surface area contributed by atoms with Gasteiger partial charge in [-0.05, 0) is 38.3 Å². The number of rotatable bonds is 6. The highest BCUT2D eigenvalue weighted by Gasteiger charge is 2.30. The molecule has 114 valence electrons. The minimum Gasteiger partial charge on any atom is -0.326 e. The molecule has 20 heavy (non-hydrogen) atoms. The third kappa shape index (κ3) is 3.61. The summed E-state index contributed by atoms with van der Waals surface area (Å²) in [6, 6.07) is 0.526. The van der Waals surface area contributed by atoms with Crippen LogP contribution in [-0.4, -0.2) is 33.8 Å². The lowest BCUT2D eigenvalue weighted by atomic mass is 9.89. The van der Waals surface area contributed by atoms with Crippen LogP contribution in [0.15, 0.2) is 12.4 Å². The summed E-state index contributed by atoms with van der Waals surface area (Å²) in [6.07, 6.45) is 10.4. The molecule has 2 atom stereocenters. The Kier molecular flexibility index (Phi) is 5.61. The van der Waals surface area contributed by atoms with Crippen LogP contribution in [0.5, 0.6) is 0 Å². The molecular weight excluding hydrogens is 248 g/mol. The number of hydrogen-bond donors (Lipinski definition) is 1. The maximum absolute atomic E-state index is 6.40. The minimum absolute atomic E-state index is 0.196. The molecule has 0 saturated carbocycles. The summed E-state index contributed by atoms with van der Waals surface area (Å²) in [7, 11) is 1.98. The van der Waals surface area contributed by atoms with Gasteiger partial charge < -0.3 is 5.73 Å². The first-order chi connectivity index (χ1) is 9.65. The number of likely N-dealkylation sites (tertiary alicyclic amines) is 1. The molecule has 1 saturated heterocycles. The monoisotopic (exact) mass is 278 g/mol. The van der Waals surface area contributed by atoms with Gasteiger partial charge in [0.2, 0.25) is 0 Å². The highest BCUT2D eigenvalue weighted by Crippen LogP contribution is 2.31. The highest BCUT2D eigenvalue weighted by atomic mass is 15.3. The largest absolute Gasteiger partial charge is 0.326 e. The molecule has 0 spiro atoms. The Balaban J connectivity index is 2.05. The Morgan fingerprint density at radius 1 is 1.35 bits per heavy atom. The Labute approximate surface area is 123 Å². The SMILES string of the molecule is CCCC1CCN(C(c2cnn(C)c2)C(N)CC)CC1. The molecule has 1 aliphatic heterocycles. The molecule has 0 bridgehead atoms. The Morgan fingerprint density at radius 2 is 2.05 bits per heavy atom. The van der Waals surface area contributed by atoms with Crippen molar-refractivity contribution in [3.8, 4) is 0 Å². The normalized spacial score (nSPS) is 21.0. The minimum atomic E-state index is 0.196. The van der Waals surface area contributed by atoms with Gasteiger partial charge in [-0.3, -0.25) is 9.58 Å². The second-order valence-corrected chi connectivity index (χ2v) is 6.23. The number of aromatic nitrogens is 2. The zero-order valence-corrected chi connectivity index (χ0v) is 13.3. The van der Waals surface area contributed by atoms with Crippen LogP contribution in [0, 0.1) is 5.92 Å². The van der Waals surface area contributed by atoms with Gasteiger partial charge in [0.1, 0.15) is 0 Å². The fraction of sp³-hybridized carbons (Fsp3) is 0.812. The van der Waals surface area contributed by atoms with E-state index in [2.05, 4.69) is 30.0 Å². The van der Waals surface area contributed by atoms with Gasteiger partial charge in [0, 0.05) is 24.8 Å². The van der Waals surface area contributed by atoms with Crippen LogP contribution >= 0.6 is 0 Å². The van der Waals surface area contributed by atoms with Gasteiger partial charge in [0.05, 0.1) is 12.2 Å². The summed E-state index contributed by atoms with van der Waals surface area (Å²) in [4.78, 5) is 2.58. The Hall–Kier alpha value is -0.870. The predicted molar refractivity (Wildman–Crippen MR) is 83.4 cm³/mol. The van der Waals surface area contributed by atoms with E-state index in [4.69, 9.17) is 5.73 Å². The quantitative estimate of drug-likeness (QED) is 0.870. The number of aryl methyl sites for hydroxylation is 1. The highest BCUT2D eigenvalue weighted by molar-refractivity contribution is 5.13. The summed E-state index contributed by atoms with van der Waals surface area (Å²) in [5, 5.41) is 4.33. The molecule has 0 amide bonds. The summed E-state index contributed by atoms with van der Waals surface area (Å²) >= 11 is 0. The summed E-state index contributed by atoms with van der Waals surface area (Å²) in [6.45, 7) is 6.82. The van der Waals surface area contributed by atoms with Crippen molar-refractivity contribution in [3.63, 3.8) is 0 Å². The molecule has 0 aliphatic carbocycles. The lowest BCUT2D eigenvalue weighted by Crippen LogP contribution is -2.44. The molecular formula is C16H30N4. The first-order valence-corrected chi connectivity index (χ1v) is 8.13. The number of nitrogens with zero attached hydrogens (tertiary/aromatic N) is 3. The van der Waals surface area contributed by atoms with Crippen molar-refractivity contribution in [2.24, 2.45) is 18.7 Å². The summed E-state index contributed by atoms with van der Waals surface area (Å²) in [5.41, 5.74) is 7.68. The summed E-state index contributed by atoms with van der Waals surface area (Å²) < 4.78 is 1.88. The number of hydrogen-bond acceptors (Lipinski definition) is 3. The van der Waals surface area contributed by atoms with Gasteiger partial charge in [-0.15, -0.1) is 0 Å². The molecule has 2 heterocycles. The molecule has 2 unspecified atom stereocenters. The number of nitrogens with two attached hydrogens (primary N) is 1. The van der Waals surface area contributed by atoms with Gasteiger partial charge in [0.15, 0.2) is 0 Å². The average molecular weight is 278 g/mol. The van der Waals surface area contributed by atoms with E-state index in [0.29, 0.717) is 6.04 Å². The second-order valence-electron chi connectivity index (χ2n) is 6.23. The van der Waals surface area contributed by atoms with Crippen LogP contribution in [-0.2, 0) is 7.05 Å². The van der Waals surface area contributed by atoms with E-state index in [-0.39, 0.29) is 6.04 Å². The molecule has 0 radical (unpaired) electrons. The first-order valence-electron chi connectivity index (χ1n) is 8.13. The van der Waals surface area contributed by atoms with E-state index in [1.54, 1.807) is 0 Å². The van der Waals surface area contributed by atoms with Gasteiger partial charge >= 0.3 is 0 Å². The zero-order chi connectivity index (χ0) is 14.5. The van der Waals surface area contributed by atoms with E-state index in [0.717, 1.165) is 12.3 Å². The molecule has 1 aromatic rings. The maximum atomic E-state index is 6.40. The Morgan fingerprint density at radius 3 is 2.55 bits per heavy atom. The van der Waals surface area contributed by atoms with Crippen molar-refractivity contribution < 1.29 is 0 Å². The van der Waals surface area contributed by atoms with Gasteiger partial charge in [-0.25, -0.2) is 0 Å². The fourth-order valence-electron chi connectivity index (χ4n) is 3.47. The molecule has 2 rings (SSSR count). The smallest absolute Gasteiger partial charge is 0.0538 e. The molecule has 1 fully saturated rings. The van der Waals surface area contributed by atoms with Crippen molar-refractivity contribution in [1.82, 2.24) is 14.7 Å². The van der Waals surface area contributed by atoms with E-state index < -0.39 is 0 Å². The van der Waals surface area contributed by atoms with Crippen molar-refractivity contribution in [2.45, 2.75) is 58.0 Å². The molecule has 1 aromatic heterocycles. The van der Waals surface area contributed by atoms with Crippen LogP contribution in [0.1, 0.15) is 57.6 Å². The molecule has 4 nitrogen and oxygen atoms in total. The van der Waals surface area contributed by atoms with Crippen LogP contribution < -0.4 is 5.73 Å². The van der Waals surface area contributed by atoms with Crippen molar-refractivity contribution >= 4 is 0 Å². The van der Waals surface area contributed by atoms with Crippen molar-refractivity contribution in [2.75, 3.05) is 13.1 Å². The van der Waals surface area contributed by atoms with E-state index in [1.807, 2.05) is 17.9 Å². The van der Waals surface area contributed by atoms with Crippen LogP contribution in [0.4, 0.5) is 0 Å². The molecule has 2 N–H and O–H groups in total. The second kappa shape index (κ2) is 7.23. The van der Waals surface area contributed by atoms with Crippen molar-refractivity contribution in [1.29, 1.82) is 0 Å². The van der Waals surface area contributed by atoms with Gasteiger partial charge in [0.25, 0.3) is 0 Å². The lowest BCUT2D eigenvalue weighted by Gasteiger charge is -2.39. The first kappa shape index (κ1) is 15.5. The maximum Gasteiger partial charge on any atom is 0.0538 e. The standard InChI is InChI=1S/C16H30N4/c1-4-6-13-7-9-20(10-8-13)16(15(17)5-2)14-11-18-19(3)12-14/h11-13,15-16H,4-10,17H2,1-3H3. The third-order valence-corrected chi connectivity index (χ3v) is 4.68.